The van der Waals surface area contributed by atoms with Crippen LogP contribution in [0.3, 0.4) is 0 Å². The van der Waals surface area contributed by atoms with E-state index in [0.29, 0.717) is 28.4 Å². The van der Waals surface area contributed by atoms with Crippen LogP contribution in [0, 0.1) is 0 Å². The Balaban J connectivity index is 2.20. The van der Waals surface area contributed by atoms with Gasteiger partial charge in [0, 0.05) is 22.3 Å². The zero-order valence-corrected chi connectivity index (χ0v) is 13.2. The third-order valence-corrected chi connectivity index (χ3v) is 3.56. The quantitative estimate of drug-likeness (QED) is 0.775. The fourth-order valence-electron chi connectivity index (χ4n) is 2.05. The Morgan fingerprint density at radius 1 is 1.18 bits per heavy atom. The van der Waals surface area contributed by atoms with Gasteiger partial charge < -0.3 is 9.72 Å². The molecule has 1 N–H and O–H groups in total. The topological polar surface area (TPSA) is 63.7 Å². The molecule has 0 radical (unpaired) electrons. The predicted octanol–water partition coefficient (Wildman–Crippen LogP) is 4.24. The monoisotopic (exact) mass is 334 g/mol. The Morgan fingerprint density at radius 3 is 2.73 bits per heavy atom. The van der Waals surface area contributed by atoms with E-state index in [0.717, 1.165) is 16.8 Å². The molecule has 0 aliphatic heterocycles. The van der Waals surface area contributed by atoms with Gasteiger partial charge in [-0.1, -0.05) is 23.2 Å². The van der Waals surface area contributed by atoms with Crippen LogP contribution in [0.4, 0.5) is 0 Å². The van der Waals surface area contributed by atoms with Gasteiger partial charge in [0.2, 0.25) is 0 Å². The van der Waals surface area contributed by atoms with Crippen molar-refractivity contribution < 1.29 is 4.74 Å². The van der Waals surface area contributed by atoms with E-state index in [4.69, 9.17) is 27.9 Å². The number of halogens is 2. The van der Waals surface area contributed by atoms with E-state index in [1.54, 1.807) is 30.9 Å². The molecule has 5 nitrogen and oxygen atoms in total. The number of ether oxygens (including phenoxy) is 1. The summed E-state index contributed by atoms with van der Waals surface area (Å²) in [5, 5.41) is 1.07. The van der Waals surface area contributed by atoms with Gasteiger partial charge in [-0.3, -0.25) is 0 Å². The average Bonchev–Trinajstić information content (AvgIpc) is 3.02. The van der Waals surface area contributed by atoms with E-state index in [-0.39, 0.29) is 0 Å². The molecule has 0 aliphatic carbocycles. The molecule has 22 heavy (non-hydrogen) atoms. The zero-order chi connectivity index (χ0) is 15.5. The number of imidazole rings is 1. The van der Waals surface area contributed by atoms with Crippen LogP contribution < -0.4 is 4.74 Å². The number of benzene rings is 1. The van der Waals surface area contributed by atoms with Crippen LogP contribution in [-0.2, 0) is 0 Å². The first-order chi connectivity index (χ1) is 10.7. The van der Waals surface area contributed by atoms with Gasteiger partial charge in [-0.15, -0.1) is 0 Å². The number of aromatic amines is 1. The standard InChI is InChI=1S/C15H12Cl2N4O/c1-2-22-15-19-6-11(13-7-18-8-20-13)14(21-15)10-4-3-9(16)5-12(10)17/h3-8H,2H2,1H3,(H,18,20). The van der Waals surface area contributed by atoms with Crippen molar-refractivity contribution in [2.24, 2.45) is 0 Å². The Bertz CT molecular complexity index is 790. The molecule has 7 heteroatoms. The molecule has 0 saturated heterocycles. The summed E-state index contributed by atoms with van der Waals surface area (Å²) < 4.78 is 5.39. The van der Waals surface area contributed by atoms with Gasteiger partial charge in [0.1, 0.15) is 0 Å². The molecule has 0 saturated carbocycles. The van der Waals surface area contributed by atoms with Crippen LogP contribution in [0.1, 0.15) is 6.92 Å². The molecule has 0 atom stereocenters. The van der Waals surface area contributed by atoms with Crippen molar-refractivity contribution in [2.45, 2.75) is 6.92 Å². The summed E-state index contributed by atoms with van der Waals surface area (Å²) in [7, 11) is 0. The molecule has 3 aromatic rings. The van der Waals surface area contributed by atoms with E-state index >= 15 is 0 Å². The lowest BCUT2D eigenvalue weighted by Crippen LogP contribution is -2.00. The fraction of sp³-hybridized carbons (Fsp3) is 0.133. The molecule has 0 fully saturated rings. The maximum atomic E-state index is 6.32. The third kappa shape index (κ3) is 2.91. The minimum absolute atomic E-state index is 0.298. The lowest BCUT2D eigenvalue weighted by Gasteiger charge is -2.11. The average molecular weight is 335 g/mol. The lowest BCUT2D eigenvalue weighted by molar-refractivity contribution is 0.313. The van der Waals surface area contributed by atoms with Gasteiger partial charge in [-0.25, -0.2) is 9.97 Å². The number of nitrogens with zero attached hydrogens (tertiary/aromatic N) is 3. The molecular weight excluding hydrogens is 323 g/mol. The number of hydrogen-bond acceptors (Lipinski definition) is 4. The van der Waals surface area contributed by atoms with Crippen molar-refractivity contribution in [2.75, 3.05) is 6.61 Å². The largest absolute Gasteiger partial charge is 0.464 e. The van der Waals surface area contributed by atoms with E-state index in [2.05, 4.69) is 19.9 Å². The number of nitrogens with one attached hydrogen (secondary N) is 1. The summed E-state index contributed by atoms with van der Waals surface area (Å²) in [6.07, 6.45) is 4.98. The minimum atomic E-state index is 0.298. The summed E-state index contributed by atoms with van der Waals surface area (Å²) in [4.78, 5) is 15.8. The molecule has 2 heterocycles. The molecule has 0 amide bonds. The molecular formula is C15H12Cl2N4O. The normalized spacial score (nSPS) is 10.7. The molecule has 112 valence electrons. The second-order valence-electron chi connectivity index (χ2n) is 4.44. The molecule has 0 bridgehead atoms. The molecule has 2 aromatic heterocycles. The van der Waals surface area contributed by atoms with E-state index in [9.17, 15) is 0 Å². The van der Waals surface area contributed by atoms with E-state index in [1.807, 2.05) is 13.0 Å². The van der Waals surface area contributed by atoms with Crippen LogP contribution in [0.25, 0.3) is 22.5 Å². The van der Waals surface area contributed by atoms with Crippen LogP contribution in [0.2, 0.25) is 10.0 Å². The zero-order valence-electron chi connectivity index (χ0n) is 11.7. The van der Waals surface area contributed by atoms with Gasteiger partial charge in [-0.2, -0.15) is 4.98 Å². The van der Waals surface area contributed by atoms with Crippen molar-refractivity contribution in [3.63, 3.8) is 0 Å². The summed E-state index contributed by atoms with van der Waals surface area (Å²) in [5.41, 5.74) is 2.98. The van der Waals surface area contributed by atoms with Crippen molar-refractivity contribution in [1.29, 1.82) is 0 Å². The van der Waals surface area contributed by atoms with Crippen LogP contribution in [0.5, 0.6) is 6.01 Å². The number of hydrogen-bond donors (Lipinski definition) is 1. The first kappa shape index (κ1) is 14.8. The first-order valence-electron chi connectivity index (χ1n) is 6.63. The van der Waals surface area contributed by atoms with Gasteiger partial charge in [0.15, 0.2) is 0 Å². The summed E-state index contributed by atoms with van der Waals surface area (Å²) in [6, 6.07) is 5.56. The van der Waals surface area contributed by atoms with Crippen molar-refractivity contribution in [3.8, 4) is 28.5 Å². The smallest absolute Gasteiger partial charge is 0.316 e. The van der Waals surface area contributed by atoms with Crippen molar-refractivity contribution in [3.05, 3.63) is 47.0 Å². The van der Waals surface area contributed by atoms with Gasteiger partial charge in [0.25, 0.3) is 0 Å². The molecule has 3 rings (SSSR count). The molecule has 0 unspecified atom stereocenters. The Morgan fingerprint density at radius 2 is 2.05 bits per heavy atom. The predicted molar refractivity (Wildman–Crippen MR) is 86.2 cm³/mol. The highest BCUT2D eigenvalue weighted by molar-refractivity contribution is 6.36. The summed E-state index contributed by atoms with van der Waals surface area (Å²) in [6.45, 7) is 2.36. The molecule has 0 spiro atoms. The highest BCUT2D eigenvalue weighted by Gasteiger charge is 2.16. The van der Waals surface area contributed by atoms with Gasteiger partial charge >= 0.3 is 6.01 Å². The lowest BCUT2D eigenvalue weighted by atomic mass is 10.1. The van der Waals surface area contributed by atoms with Crippen molar-refractivity contribution >= 4 is 23.2 Å². The SMILES string of the molecule is CCOc1ncc(-c2cnc[nH]2)c(-c2ccc(Cl)cc2Cl)n1. The third-order valence-electron chi connectivity index (χ3n) is 3.01. The number of rotatable bonds is 4. The highest BCUT2D eigenvalue weighted by atomic mass is 35.5. The van der Waals surface area contributed by atoms with Gasteiger partial charge in [0.05, 0.1) is 35.5 Å². The molecule has 1 aromatic carbocycles. The van der Waals surface area contributed by atoms with Gasteiger partial charge in [-0.05, 0) is 25.1 Å². The second-order valence-corrected chi connectivity index (χ2v) is 5.28. The minimum Gasteiger partial charge on any atom is -0.464 e. The highest BCUT2D eigenvalue weighted by Crippen LogP contribution is 2.35. The number of aromatic nitrogens is 4. The summed E-state index contributed by atoms with van der Waals surface area (Å²) in [5.74, 6) is 0. The van der Waals surface area contributed by atoms with Crippen LogP contribution in [-0.4, -0.2) is 26.5 Å². The molecule has 0 aliphatic rings. The van der Waals surface area contributed by atoms with Crippen molar-refractivity contribution in [1.82, 2.24) is 19.9 Å². The van der Waals surface area contributed by atoms with E-state index < -0.39 is 0 Å². The van der Waals surface area contributed by atoms with Crippen LogP contribution >= 0.6 is 23.2 Å². The van der Waals surface area contributed by atoms with E-state index in [1.165, 1.54) is 0 Å². The first-order valence-corrected chi connectivity index (χ1v) is 7.38. The Hall–Kier alpha value is -2.11. The maximum absolute atomic E-state index is 6.32. The maximum Gasteiger partial charge on any atom is 0.316 e. The fourth-order valence-corrected chi connectivity index (χ4v) is 2.55. The van der Waals surface area contributed by atoms with Crippen LogP contribution in [0.15, 0.2) is 36.9 Å². The summed E-state index contributed by atoms with van der Waals surface area (Å²) >= 11 is 12.3. The number of H-pyrrole nitrogens is 1. The Kier molecular flexibility index (Phi) is 4.27. The second kappa shape index (κ2) is 6.34. The Labute approximate surface area is 137 Å².